The lowest BCUT2D eigenvalue weighted by Gasteiger charge is -1.85. The Kier molecular flexibility index (Phi) is 2.13. The Hall–Kier alpha value is -1.18. The zero-order chi connectivity index (χ0) is 9.26. The number of rotatable bonds is 1. The van der Waals surface area contributed by atoms with Crippen LogP contribution >= 0.6 is 22.9 Å². The Balaban J connectivity index is 2.57. The van der Waals surface area contributed by atoms with E-state index in [1.165, 1.54) is 11.3 Å². The molecule has 0 unspecified atom stereocenters. The number of hydrogen-bond acceptors (Lipinski definition) is 4. The van der Waals surface area contributed by atoms with Gasteiger partial charge in [0.05, 0.1) is 12.5 Å². The first kappa shape index (κ1) is 8.42. The average Bonchev–Trinajstić information content (AvgIpc) is 2.46. The van der Waals surface area contributed by atoms with Gasteiger partial charge in [-0.2, -0.15) is 5.26 Å². The number of aromatic nitrogens is 2. The predicted molar refractivity (Wildman–Crippen MR) is 51.7 cm³/mol. The lowest BCUT2D eigenvalue weighted by molar-refractivity contribution is 1.21. The highest BCUT2D eigenvalue weighted by atomic mass is 35.5. The van der Waals surface area contributed by atoms with E-state index in [9.17, 15) is 0 Å². The SMILES string of the molecule is N#CCc1nc2ccc(Cl)nc2s1. The van der Waals surface area contributed by atoms with E-state index in [1.54, 1.807) is 6.07 Å². The van der Waals surface area contributed by atoms with Crippen LogP contribution in [0.1, 0.15) is 5.01 Å². The first-order valence-electron chi connectivity index (χ1n) is 3.58. The normalized spacial score (nSPS) is 10.2. The van der Waals surface area contributed by atoms with Crippen molar-refractivity contribution < 1.29 is 0 Å². The molecule has 0 N–H and O–H groups in total. The highest BCUT2D eigenvalue weighted by molar-refractivity contribution is 7.18. The van der Waals surface area contributed by atoms with Crippen LogP contribution in [0.4, 0.5) is 0 Å². The second-order valence-electron chi connectivity index (χ2n) is 2.40. The van der Waals surface area contributed by atoms with Gasteiger partial charge in [-0.25, -0.2) is 9.97 Å². The van der Waals surface area contributed by atoms with Gasteiger partial charge in [-0.05, 0) is 12.1 Å². The third kappa shape index (κ3) is 1.62. The first-order valence-corrected chi connectivity index (χ1v) is 4.78. The standard InChI is InChI=1S/C8H4ClN3S/c9-6-2-1-5-8(12-6)13-7(11-5)3-4-10/h1-2H,3H2. The largest absolute Gasteiger partial charge is 0.238 e. The predicted octanol–water partition coefficient (Wildman–Crippen LogP) is 2.41. The minimum Gasteiger partial charge on any atom is -0.238 e. The van der Waals surface area contributed by atoms with Gasteiger partial charge < -0.3 is 0 Å². The van der Waals surface area contributed by atoms with Crippen molar-refractivity contribution in [3.63, 3.8) is 0 Å². The van der Waals surface area contributed by atoms with Gasteiger partial charge in [0.15, 0.2) is 0 Å². The Bertz CT molecular complexity index is 486. The first-order chi connectivity index (χ1) is 6.29. The van der Waals surface area contributed by atoms with Crippen LogP contribution in [0.15, 0.2) is 12.1 Å². The lowest BCUT2D eigenvalue weighted by Crippen LogP contribution is -1.76. The van der Waals surface area contributed by atoms with Crippen molar-refractivity contribution >= 4 is 33.3 Å². The molecule has 2 aromatic rings. The van der Waals surface area contributed by atoms with E-state index >= 15 is 0 Å². The maximum Gasteiger partial charge on any atom is 0.145 e. The third-order valence-electron chi connectivity index (χ3n) is 1.50. The molecule has 0 fully saturated rings. The highest BCUT2D eigenvalue weighted by Gasteiger charge is 2.04. The lowest BCUT2D eigenvalue weighted by atomic mass is 10.4. The Morgan fingerprint density at radius 1 is 1.46 bits per heavy atom. The number of nitrogens with zero attached hydrogens (tertiary/aromatic N) is 3. The molecule has 0 radical (unpaired) electrons. The summed E-state index contributed by atoms with van der Waals surface area (Å²) in [6, 6.07) is 5.55. The summed E-state index contributed by atoms with van der Waals surface area (Å²) in [5, 5.41) is 9.71. The van der Waals surface area contributed by atoms with E-state index in [4.69, 9.17) is 16.9 Å². The van der Waals surface area contributed by atoms with E-state index in [1.807, 2.05) is 12.1 Å². The number of hydrogen-bond donors (Lipinski definition) is 0. The van der Waals surface area contributed by atoms with Crippen LogP contribution in [-0.4, -0.2) is 9.97 Å². The minimum absolute atomic E-state index is 0.332. The number of nitriles is 1. The molecule has 64 valence electrons. The van der Waals surface area contributed by atoms with Crippen LogP contribution in [0.5, 0.6) is 0 Å². The van der Waals surface area contributed by atoms with Crippen LogP contribution in [0.3, 0.4) is 0 Å². The Morgan fingerprint density at radius 3 is 3.08 bits per heavy atom. The van der Waals surface area contributed by atoms with Crippen molar-refractivity contribution in [1.82, 2.24) is 9.97 Å². The van der Waals surface area contributed by atoms with Gasteiger partial charge in [0, 0.05) is 0 Å². The summed E-state index contributed by atoms with van der Waals surface area (Å²) in [5.74, 6) is 0. The molecule has 2 heterocycles. The summed E-state index contributed by atoms with van der Waals surface area (Å²) in [6.45, 7) is 0. The molecule has 2 rings (SSSR count). The molecule has 0 aliphatic heterocycles. The topological polar surface area (TPSA) is 49.6 Å². The van der Waals surface area contributed by atoms with Gasteiger partial charge in [0.1, 0.15) is 20.5 Å². The summed E-state index contributed by atoms with van der Waals surface area (Å²) in [4.78, 5) is 9.10. The molecule has 5 heteroatoms. The van der Waals surface area contributed by atoms with Crippen molar-refractivity contribution in [3.8, 4) is 6.07 Å². The molecule has 0 aromatic carbocycles. The maximum atomic E-state index is 8.47. The van der Waals surface area contributed by atoms with Crippen LogP contribution in [0.2, 0.25) is 5.15 Å². The van der Waals surface area contributed by atoms with Gasteiger partial charge >= 0.3 is 0 Å². The van der Waals surface area contributed by atoms with E-state index in [0.717, 1.165) is 15.4 Å². The van der Waals surface area contributed by atoms with Crippen LogP contribution in [0.25, 0.3) is 10.3 Å². The fourth-order valence-electron chi connectivity index (χ4n) is 0.983. The van der Waals surface area contributed by atoms with Gasteiger partial charge in [-0.3, -0.25) is 0 Å². The van der Waals surface area contributed by atoms with Gasteiger partial charge in [-0.15, -0.1) is 0 Å². The van der Waals surface area contributed by atoms with Crippen molar-refractivity contribution in [2.45, 2.75) is 6.42 Å². The summed E-state index contributed by atoms with van der Waals surface area (Å²) in [5.41, 5.74) is 0.805. The van der Waals surface area contributed by atoms with Gasteiger partial charge in [-0.1, -0.05) is 22.9 Å². The number of thiazole rings is 1. The minimum atomic E-state index is 0.332. The third-order valence-corrected chi connectivity index (χ3v) is 2.67. The summed E-state index contributed by atoms with van der Waals surface area (Å²) >= 11 is 7.11. The Labute approximate surface area is 83.6 Å². The molecular formula is C8H4ClN3S. The van der Waals surface area contributed by atoms with E-state index in [2.05, 4.69) is 9.97 Å². The smallest absolute Gasteiger partial charge is 0.145 e. The molecular weight excluding hydrogens is 206 g/mol. The summed E-state index contributed by atoms with van der Waals surface area (Å²) < 4.78 is 0. The molecule has 3 nitrogen and oxygen atoms in total. The van der Waals surface area contributed by atoms with E-state index in [-0.39, 0.29) is 0 Å². The molecule has 0 spiro atoms. The van der Waals surface area contributed by atoms with Crippen molar-refractivity contribution in [2.24, 2.45) is 0 Å². The van der Waals surface area contributed by atoms with E-state index in [0.29, 0.717) is 11.6 Å². The zero-order valence-corrected chi connectivity index (χ0v) is 8.06. The Morgan fingerprint density at radius 2 is 2.31 bits per heavy atom. The van der Waals surface area contributed by atoms with Crippen molar-refractivity contribution in [1.29, 1.82) is 5.26 Å². The van der Waals surface area contributed by atoms with Gasteiger partial charge in [0.2, 0.25) is 0 Å². The maximum absolute atomic E-state index is 8.47. The second-order valence-corrected chi connectivity index (χ2v) is 3.85. The number of halogens is 1. The van der Waals surface area contributed by atoms with Crippen molar-refractivity contribution in [2.75, 3.05) is 0 Å². The quantitative estimate of drug-likeness (QED) is 0.678. The molecule has 0 bridgehead atoms. The van der Waals surface area contributed by atoms with Gasteiger partial charge in [0.25, 0.3) is 0 Å². The molecule has 2 aromatic heterocycles. The molecule has 0 aliphatic rings. The van der Waals surface area contributed by atoms with Crippen LogP contribution < -0.4 is 0 Å². The molecule has 0 amide bonds. The fraction of sp³-hybridized carbons (Fsp3) is 0.125. The number of pyridine rings is 1. The molecule has 0 saturated heterocycles. The zero-order valence-electron chi connectivity index (χ0n) is 6.49. The van der Waals surface area contributed by atoms with E-state index < -0.39 is 0 Å². The summed E-state index contributed by atoms with van der Waals surface area (Å²) in [6.07, 6.45) is 0.332. The monoisotopic (exact) mass is 209 g/mol. The molecule has 0 saturated carbocycles. The number of fused-ring (bicyclic) bond motifs is 1. The van der Waals surface area contributed by atoms with Crippen LogP contribution in [0, 0.1) is 11.3 Å². The average molecular weight is 210 g/mol. The molecule has 0 atom stereocenters. The van der Waals surface area contributed by atoms with Crippen molar-refractivity contribution in [3.05, 3.63) is 22.3 Å². The highest BCUT2D eigenvalue weighted by Crippen LogP contribution is 2.21. The summed E-state index contributed by atoms with van der Waals surface area (Å²) in [7, 11) is 0. The molecule has 13 heavy (non-hydrogen) atoms. The van der Waals surface area contributed by atoms with Crippen LogP contribution in [-0.2, 0) is 6.42 Å². The molecule has 0 aliphatic carbocycles. The second kappa shape index (κ2) is 3.29. The fourth-order valence-corrected chi connectivity index (χ4v) is 2.05.